The van der Waals surface area contributed by atoms with Gasteiger partial charge in [-0.2, -0.15) is 5.10 Å². The maximum atomic E-state index is 13.3. The normalized spacial score (nSPS) is 17.3. The van der Waals surface area contributed by atoms with E-state index in [4.69, 9.17) is 4.74 Å². The summed E-state index contributed by atoms with van der Waals surface area (Å²) < 4.78 is 9.52. The molecule has 3 aromatic rings. The Balaban J connectivity index is 1.67. The number of nitrogens with zero attached hydrogens (tertiary/aromatic N) is 5. The molecule has 1 aliphatic rings. The fourth-order valence-electron chi connectivity index (χ4n) is 3.62. The first kappa shape index (κ1) is 16.8. The summed E-state index contributed by atoms with van der Waals surface area (Å²) in [7, 11) is 1.87. The SMILES string of the molecule is CCOC[C@@H]1CN(C(=O)c2nn(C)c3ccccc23)Cc2cncn2C1. The molecule has 2 aromatic heterocycles. The molecule has 0 fully saturated rings. The van der Waals surface area contributed by atoms with E-state index < -0.39 is 0 Å². The van der Waals surface area contributed by atoms with Gasteiger partial charge in [-0.25, -0.2) is 4.98 Å². The van der Waals surface area contributed by atoms with E-state index >= 15 is 0 Å². The van der Waals surface area contributed by atoms with Crippen LogP contribution in [0.15, 0.2) is 36.8 Å². The summed E-state index contributed by atoms with van der Waals surface area (Å²) in [6.45, 7) is 5.27. The highest BCUT2D eigenvalue weighted by Gasteiger charge is 2.28. The lowest BCUT2D eigenvalue weighted by Gasteiger charge is -2.23. The molecule has 1 atom stereocenters. The van der Waals surface area contributed by atoms with Crippen molar-refractivity contribution in [2.75, 3.05) is 19.8 Å². The van der Waals surface area contributed by atoms with Crippen LogP contribution in [0.3, 0.4) is 0 Å². The largest absolute Gasteiger partial charge is 0.381 e. The molecule has 0 saturated heterocycles. The second-order valence-corrected chi connectivity index (χ2v) is 6.74. The van der Waals surface area contributed by atoms with Gasteiger partial charge in [-0.1, -0.05) is 18.2 Å². The summed E-state index contributed by atoms with van der Waals surface area (Å²) in [5.74, 6) is 0.183. The number of amides is 1. The van der Waals surface area contributed by atoms with Gasteiger partial charge in [0.05, 0.1) is 30.7 Å². The Hall–Kier alpha value is -2.67. The van der Waals surface area contributed by atoms with Crippen LogP contribution < -0.4 is 0 Å². The van der Waals surface area contributed by atoms with E-state index in [1.54, 1.807) is 4.68 Å². The first-order valence-electron chi connectivity index (χ1n) is 8.95. The number of hydrogen-bond donors (Lipinski definition) is 0. The number of fused-ring (bicyclic) bond motifs is 2. The molecule has 136 valence electrons. The lowest BCUT2D eigenvalue weighted by molar-refractivity contribution is 0.0615. The minimum absolute atomic E-state index is 0.0436. The molecule has 0 aliphatic carbocycles. The van der Waals surface area contributed by atoms with Gasteiger partial charge in [-0.05, 0) is 13.0 Å². The van der Waals surface area contributed by atoms with Gasteiger partial charge in [0.15, 0.2) is 5.69 Å². The van der Waals surface area contributed by atoms with Crippen LogP contribution in [-0.4, -0.2) is 49.9 Å². The van der Waals surface area contributed by atoms with Gasteiger partial charge in [0, 0.05) is 44.2 Å². The zero-order valence-electron chi connectivity index (χ0n) is 15.1. The van der Waals surface area contributed by atoms with E-state index in [0.717, 1.165) is 23.1 Å². The number of benzene rings is 1. The molecule has 0 bridgehead atoms. The third-order valence-electron chi connectivity index (χ3n) is 4.89. The molecular weight excluding hydrogens is 330 g/mol. The average Bonchev–Trinajstić information content (AvgIpc) is 3.18. The van der Waals surface area contributed by atoms with Crippen molar-refractivity contribution in [3.63, 3.8) is 0 Å². The number of carbonyl (C=O) groups is 1. The van der Waals surface area contributed by atoms with Gasteiger partial charge in [-0.3, -0.25) is 9.48 Å². The Morgan fingerprint density at radius 1 is 1.31 bits per heavy atom. The van der Waals surface area contributed by atoms with Crippen molar-refractivity contribution in [3.05, 3.63) is 48.2 Å². The molecule has 7 nitrogen and oxygen atoms in total. The Bertz CT molecular complexity index is 929. The number of para-hydroxylation sites is 1. The lowest BCUT2D eigenvalue weighted by Crippen LogP contribution is -2.35. The van der Waals surface area contributed by atoms with Crippen LogP contribution in [-0.2, 0) is 24.9 Å². The topological polar surface area (TPSA) is 65.2 Å². The van der Waals surface area contributed by atoms with Crippen molar-refractivity contribution >= 4 is 16.8 Å². The number of imidazole rings is 1. The van der Waals surface area contributed by atoms with E-state index in [1.807, 2.05) is 55.7 Å². The highest BCUT2D eigenvalue weighted by atomic mass is 16.5. The molecule has 7 heteroatoms. The predicted molar refractivity (Wildman–Crippen MR) is 97.7 cm³/mol. The van der Waals surface area contributed by atoms with Crippen molar-refractivity contribution in [2.24, 2.45) is 13.0 Å². The number of carbonyl (C=O) groups excluding carboxylic acids is 1. The number of aromatic nitrogens is 4. The summed E-state index contributed by atoms with van der Waals surface area (Å²) in [4.78, 5) is 19.4. The van der Waals surface area contributed by atoms with Crippen molar-refractivity contribution in [1.29, 1.82) is 0 Å². The van der Waals surface area contributed by atoms with Gasteiger partial charge in [0.1, 0.15) is 0 Å². The molecule has 1 amide bonds. The van der Waals surface area contributed by atoms with E-state index in [1.165, 1.54) is 0 Å². The maximum Gasteiger partial charge on any atom is 0.275 e. The van der Waals surface area contributed by atoms with Crippen LogP contribution in [0, 0.1) is 5.92 Å². The molecule has 3 heterocycles. The fourth-order valence-corrected chi connectivity index (χ4v) is 3.62. The minimum atomic E-state index is -0.0436. The molecule has 1 aromatic carbocycles. The van der Waals surface area contributed by atoms with Crippen LogP contribution in [0.2, 0.25) is 0 Å². The zero-order valence-corrected chi connectivity index (χ0v) is 15.1. The highest BCUT2D eigenvalue weighted by Crippen LogP contribution is 2.23. The quantitative estimate of drug-likeness (QED) is 0.720. The van der Waals surface area contributed by atoms with Gasteiger partial charge in [0.2, 0.25) is 0 Å². The summed E-state index contributed by atoms with van der Waals surface area (Å²) >= 11 is 0. The molecule has 26 heavy (non-hydrogen) atoms. The van der Waals surface area contributed by atoms with E-state index in [2.05, 4.69) is 14.6 Å². The van der Waals surface area contributed by atoms with E-state index in [9.17, 15) is 4.79 Å². The van der Waals surface area contributed by atoms with Gasteiger partial charge >= 0.3 is 0 Å². The van der Waals surface area contributed by atoms with E-state index in [-0.39, 0.29) is 11.8 Å². The molecule has 0 unspecified atom stereocenters. The van der Waals surface area contributed by atoms with Crippen LogP contribution >= 0.6 is 0 Å². The molecule has 4 rings (SSSR count). The number of hydrogen-bond acceptors (Lipinski definition) is 4. The summed E-state index contributed by atoms with van der Waals surface area (Å²) in [5, 5.41) is 5.39. The molecule has 1 aliphatic heterocycles. The Kier molecular flexibility index (Phi) is 4.46. The fraction of sp³-hybridized carbons (Fsp3) is 0.421. The standard InChI is InChI=1S/C19H23N5O2/c1-3-26-12-14-9-23(11-15-8-20-13-24(15)10-14)19(25)18-16-6-4-5-7-17(16)22(2)21-18/h4-8,13-14H,3,9-12H2,1-2H3/t14-/m1/s1. The Morgan fingerprint density at radius 3 is 3.00 bits per heavy atom. The van der Waals surface area contributed by atoms with Gasteiger partial charge < -0.3 is 14.2 Å². The van der Waals surface area contributed by atoms with Crippen molar-refractivity contribution < 1.29 is 9.53 Å². The van der Waals surface area contributed by atoms with Crippen LogP contribution in [0.25, 0.3) is 10.9 Å². The second kappa shape index (κ2) is 6.92. The van der Waals surface area contributed by atoms with Crippen molar-refractivity contribution in [3.8, 4) is 0 Å². The third kappa shape index (κ3) is 2.99. The van der Waals surface area contributed by atoms with Crippen LogP contribution in [0.5, 0.6) is 0 Å². The molecule has 0 spiro atoms. The summed E-state index contributed by atoms with van der Waals surface area (Å²) in [5.41, 5.74) is 2.50. The van der Waals surface area contributed by atoms with Crippen LogP contribution in [0.1, 0.15) is 23.1 Å². The van der Waals surface area contributed by atoms with Gasteiger partial charge in [-0.15, -0.1) is 0 Å². The smallest absolute Gasteiger partial charge is 0.275 e. The van der Waals surface area contributed by atoms with Crippen LogP contribution in [0.4, 0.5) is 0 Å². The molecule has 0 radical (unpaired) electrons. The number of rotatable bonds is 4. The predicted octanol–water partition coefficient (Wildman–Crippen LogP) is 2.08. The number of aryl methyl sites for hydroxylation is 1. The average molecular weight is 353 g/mol. The van der Waals surface area contributed by atoms with Gasteiger partial charge in [0.25, 0.3) is 5.91 Å². The summed E-state index contributed by atoms with van der Waals surface area (Å²) in [6, 6.07) is 7.83. The Labute approximate surface area is 152 Å². The lowest BCUT2D eigenvalue weighted by atomic mass is 10.1. The minimum Gasteiger partial charge on any atom is -0.381 e. The zero-order chi connectivity index (χ0) is 18.1. The third-order valence-corrected chi connectivity index (χ3v) is 4.89. The number of ether oxygens (including phenoxy) is 1. The van der Waals surface area contributed by atoms with Crippen molar-refractivity contribution in [2.45, 2.75) is 20.0 Å². The molecule has 0 saturated carbocycles. The van der Waals surface area contributed by atoms with Crippen molar-refractivity contribution in [1.82, 2.24) is 24.2 Å². The molecule has 0 N–H and O–H groups in total. The Morgan fingerprint density at radius 2 is 2.15 bits per heavy atom. The maximum absolute atomic E-state index is 13.3. The molecular formula is C19H23N5O2. The van der Waals surface area contributed by atoms with E-state index in [0.29, 0.717) is 32.0 Å². The first-order valence-corrected chi connectivity index (χ1v) is 8.95. The first-order chi connectivity index (χ1) is 12.7. The second-order valence-electron chi connectivity index (χ2n) is 6.74. The highest BCUT2D eigenvalue weighted by molar-refractivity contribution is 6.04. The summed E-state index contributed by atoms with van der Waals surface area (Å²) in [6.07, 6.45) is 3.66. The monoisotopic (exact) mass is 353 g/mol.